The van der Waals surface area contributed by atoms with Crippen molar-refractivity contribution in [3.63, 3.8) is 0 Å². The molecule has 248 valence electrons. The number of nitriles is 1. The number of aromatic amines is 1. The zero-order valence-electron chi connectivity index (χ0n) is 25.8. The second kappa shape index (κ2) is 15.9. The van der Waals surface area contributed by atoms with Crippen LogP contribution in [0.3, 0.4) is 0 Å². The highest BCUT2D eigenvalue weighted by atomic mass is 32.2. The van der Waals surface area contributed by atoms with Crippen LogP contribution in [0, 0.1) is 25.3 Å². The number of thiazole rings is 1. The third-order valence-corrected chi connectivity index (χ3v) is 8.44. The van der Waals surface area contributed by atoms with Crippen LogP contribution < -0.4 is 10.9 Å². The van der Waals surface area contributed by atoms with E-state index >= 15 is 0 Å². The smallest absolute Gasteiger partial charge is 0.280 e. The average molecular weight is 674 g/mol. The Morgan fingerprint density at radius 2 is 1.61 bits per heavy atom. The van der Waals surface area contributed by atoms with Crippen molar-refractivity contribution in [1.82, 2.24) is 19.9 Å². The minimum atomic E-state index is -4.64. The molecule has 2 heterocycles. The van der Waals surface area contributed by atoms with Crippen LogP contribution in [0.1, 0.15) is 33.5 Å². The lowest BCUT2D eigenvalue weighted by Gasteiger charge is -2.25. The Labute approximate surface area is 271 Å². The molecule has 0 amide bonds. The molecule has 5 N–H and O–H groups in total. The third kappa shape index (κ3) is 10.2. The number of anilines is 1. The minimum absolute atomic E-state index is 0. The lowest BCUT2D eigenvalue weighted by Crippen LogP contribution is -2.40. The monoisotopic (exact) mass is 673 g/mol. The van der Waals surface area contributed by atoms with Gasteiger partial charge in [0.05, 0.1) is 44.8 Å². The summed E-state index contributed by atoms with van der Waals surface area (Å²) in [4.78, 5) is 24.6. The van der Waals surface area contributed by atoms with Gasteiger partial charge in [-0.25, -0.2) is 18.4 Å². The summed E-state index contributed by atoms with van der Waals surface area (Å²) in [6, 6.07) is 9.99. The van der Waals surface area contributed by atoms with Crippen LogP contribution in [0.2, 0.25) is 0 Å². The molecule has 4 rings (SSSR count). The molecule has 0 aliphatic rings. The number of H-pyrrole nitrogens is 1. The number of hydrogen-bond acceptors (Lipinski definition) is 15. The van der Waals surface area contributed by atoms with E-state index in [0.29, 0.717) is 57.4 Å². The molecule has 15 nitrogen and oxygen atoms in total. The van der Waals surface area contributed by atoms with Gasteiger partial charge in [-0.3, -0.25) is 20.0 Å². The standard InChI is InChI=1S/C20H15N7O4S2.C9H21NO3.H2/c1-10-3-8-14-16(17(10)33(29,30)31)32-19(24-14)12-4-6-13(7-5-12)26-27-15-11(2)23-20(22-9-21)25-18(15)28;1-7(11)4-10(5-8(2)12)6-9(3)13;/h3-8H,1-2H3,(H,29,30,31)(H2,22,23,25,28);7-9,11-13H,4-6H2,1-3H3;1H/p-1. The quantitative estimate of drug-likeness (QED) is 0.0665. The van der Waals surface area contributed by atoms with Crippen molar-refractivity contribution >= 4 is 49.0 Å². The molecule has 4 aromatic rings. The zero-order chi connectivity index (χ0) is 34.2. The van der Waals surface area contributed by atoms with E-state index in [-0.39, 0.29) is 18.0 Å². The Morgan fingerprint density at radius 3 is 2.11 bits per heavy atom. The number of hydrogen-bond donors (Lipinski definition) is 5. The molecule has 0 spiro atoms. The van der Waals surface area contributed by atoms with E-state index in [9.17, 15) is 17.8 Å². The lowest BCUT2D eigenvalue weighted by atomic mass is 10.2. The predicted octanol–water partition coefficient (Wildman–Crippen LogP) is 3.55. The highest BCUT2D eigenvalue weighted by Gasteiger charge is 2.16. The highest BCUT2D eigenvalue weighted by Crippen LogP contribution is 2.36. The number of nitrogens with one attached hydrogen (secondary N) is 2. The molecule has 0 saturated carbocycles. The fourth-order valence-electron chi connectivity index (χ4n) is 4.43. The van der Waals surface area contributed by atoms with Gasteiger partial charge in [-0.2, -0.15) is 10.4 Å². The van der Waals surface area contributed by atoms with E-state index in [1.165, 1.54) is 0 Å². The van der Waals surface area contributed by atoms with Gasteiger partial charge in [-0.15, -0.1) is 16.5 Å². The number of aliphatic hydroxyl groups is 3. The Kier molecular flexibility index (Phi) is 12.6. The Morgan fingerprint density at radius 1 is 1.02 bits per heavy atom. The van der Waals surface area contributed by atoms with E-state index in [2.05, 4.69) is 30.5 Å². The number of aromatic nitrogens is 3. The molecule has 3 atom stereocenters. The molecule has 0 saturated heterocycles. The Bertz CT molecular complexity index is 1860. The van der Waals surface area contributed by atoms with Gasteiger partial charge >= 0.3 is 0 Å². The number of nitrogens with zero attached hydrogens (tertiary/aromatic N) is 6. The predicted molar refractivity (Wildman–Crippen MR) is 174 cm³/mol. The van der Waals surface area contributed by atoms with Gasteiger partial charge in [-0.1, -0.05) is 6.07 Å². The van der Waals surface area contributed by atoms with Gasteiger partial charge in [-0.05, 0) is 70.5 Å². The fraction of sp³-hybridized carbons (Fsp3) is 0.379. The fourth-order valence-corrected chi connectivity index (χ4v) is 6.72. The molecular weight excluding hydrogens is 637 g/mol. The van der Waals surface area contributed by atoms with Gasteiger partial charge < -0.3 is 19.9 Å². The molecule has 0 aliphatic carbocycles. The van der Waals surface area contributed by atoms with Crippen LogP contribution in [0.4, 0.5) is 17.3 Å². The number of rotatable bonds is 11. The van der Waals surface area contributed by atoms with Crippen LogP contribution in [0.15, 0.2) is 56.3 Å². The second-order valence-electron chi connectivity index (χ2n) is 10.6. The highest BCUT2D eigenvalue weighted by molar-refractivity contribution is 7.86. The summed E-state index contributed by atoms with van der Waals surface area (Å²) in [5, 5.41) is 46.8. The second-order valence-corrected chi connectivity index (χ2v) is 12.9. The number of benzene rings is 2. The van der Waals surface area contributed by atoms with Crippen LogP contribution in [-0.4, -0.2) is 86.1 Å². The summed E-state index contributed by atoms with van der Waals surface area (Å²) in [6.07, 6.45) is 0.371. The summed E-state index contributed by atoms with van der Waals surface area (Å²) in [7, 11) is -4.64. The first-order valence-electron chi connectivity index (χ1n) is 14.0. The van der Waals surface area contributed by atoms with Crippen molar-refractivity contribution in [2.75, 3.05) is 25.0 Å². The summed E-state index contributed by atoms with van der Waals surface area (Å²) >= 11 is 1.12. The third-order valence-electron chi connectivity index (χ3n) is 6.15. The van der Waals surface area contributed by atoms with Crippen molar-refractivity contribution in [3.8, 4) is 16.8 Å². The number of aliphatic hydroxyl groups excluding tert-OH is 3. The number of fused-ring (bicyclic) bond motifs is 1. The maximum atomic E-state index is 12.1. The molecule has 0 radical (unpaired) electrons. The molecular formula is C29H37N8O7S2-. The van der Waals surface area contributed by atoms with Crippen LogP contribution in [0.5, 0.6) is 0 Å². The molecule has 0 fully saturated rings. The average Bonchev–Trinajstić information content (AvgIpc) is 3.35. The van der Waals surface area contributed by atoms with Crippen molar-refractivity contribution in [2.45, 2.75) is 57.8 Å². The molecule has 2 aromatic heterocycles. The molecule has 0 aliphatic heterocycles. The van der Waals surface area contributed by atoms with Crippen molar-refractivity contribution < 1.29 is 29.7 Å². The topological polar surface area (TPSA) is 240 Å². The Balaban J connectivity index is 0.000000468. The number of azo groups is 1. The lowest BCUT2D eigenvalue weighted by molar-refractivity contribution is 0.0530. The molecule has 2 aromatic carbocycles. The normalized spacial score (nSPS) is 13.7. The van der Waals surface area contributed by atoms with E-state index in [1.807, 2.05) is 4.90 Å². The van der Waals surface area contributed by atoms with Gasteiger partial charge in [0.1, 0.15) is 15.1 Å². The minimum Gasteiger partial charge on any atom is -0.744 e. The molecule has 46 heavy (non-hydrogen) atoms. The van der Waals surface area contributed by atoms with Crippen molar-refractivity contribution in [1.29, 1.82) is 5.26 Å². The van der Waals surface area contributed by atoms with Gasteiger partial charge in [0.15, 0.2) is 11.9 Å². The maximum Gasteiger partial charge on any atom is 0.280 e. The van der Waals surface area contributed by atoms with Gasteiger partial charge in [0, 0.05) is 26.6 Å². The van der Waals surface area contributed by atoms with Crippen LogP contribution in [0.25, 0.3) is 20.8 Å². The van der Waals surface area contributed by atoms with Crippen LogP contribution >= 0.6 is 11.3 Å². The largest absolute Gasteiger partial charge is 0.744 e. The van der Waals surface area contributed by atoms with E-state index in [4.69, 9.17) is 20.6 Å². The van der Waals surface area contributed by atoms with Crippen molar-refractivity contribution in [3.05, 3.63) is 58.0 Å². The van der Waals surface area contributed by atoms with Crippen LogP contribution in [-0.2, 0) is 10.1 Å². The molecule has 17 heteroatoms. The van der Waals surface area contributed by atoms with Gasteiger partial charge in [0.25, 0.3) is 5.56 Å². The van der Waals surface area contributed by atoms with Gasteiger partial charge in [0.2, 0.25) is 5.95 Å². The van der Waals surface area contributed by atoms with E-state index in [1.54, 1.807) is 77.2 Å². The van der Waals surface area contributed by atoms with E-state index in [0.717, 1.165) is 11.3 Å². The summed E-state index contributed by atoms with van der Waals surface area (Å²) in [5.74, 6) is 0.0160. The molecule has 3 unspecified atom stereocenters. The zero-order valence-corrected chi connectivity index (χ0v) is 27.4. The first-order valence-corrected chi connectivity index (χ1v) is 16.2. The first kappa shape index (κ1) is 36.3. The summed E-state index contributed by atoms with van der Waals surface area (Å²) < 4.78 is 35.4. The van der Waals surface area contributed by atoms with Crippen molar-refractivity contribution in [2.24, 2.45) is 10.2 Å². The SMILES string of the molecule is CC(O)CN(CC(C)O)CC(C)O.Cc1ccc2nc(-c3ccc(N=Nc4c(C)nc(NC#N)[nH]c4=O)cc3)sc2c1S(=O)(=O)[O-].[HH]. The Hall–Kier alpha value is -4.15. The molecule has 0 bridgehead atoms. The first-order chi connectivity index (χ1) is 21.6. The number of aryl methyl sites for hydroxylation is 2. The summed E-state index contributed by atoms with van der Waals surface area (Å²) in [5.41, 5.74) is 1.71. The maximum absolute atomic E-state index is 12.1. The summed E-state index contributed by atoms with van der Waals surface area (Å²) in [6.45, 7) is 9.66. The van der Waals surface area contributed by atoms with E-state index < -0.39 is 34.0 Å².